The van der Waals surface area contributed by atoms with Crippen molar-refractivity contribution in [1.82, 2.24) is 19.5 Å². The molecule has 0 atom stereocenters. The predicted octanol–water partition coefficient (Wildman–Crippen LogP) is 5.94. The smallest absolute Gasteiger partial charge is 0.236 e. The van der Waals surface area contributed by atoms with E-state index in [4.69, 9.17) is 14.4 Å². The maximum absolute atomic E-state index is 13.2. The van der Waals surface area contributed by atoms with Crippen molar-refractivity contribution in [2.45, 2.75) is 24.4 Å². The molecule has 150 valence electrons. The summed E-state index contributed by atoms with van der Waals surface area (Å²) in [4.78, 5) is 15.0. The lowest BCUT2D eigenvalue weighted by atomic mass is 10.2. The average Bonchev–Trinajstić information content (AvgIpc) is 3.48. The van der Waals surface area contributed by atoms with E-state index in [0.29, 0.717) is 18.2 Å². The van der Waals surface area contributed by atoms with E-state index in [-0.39, 0.29) is 5.82 Å². The summed E-state index contributed by atoms with van der Waals surface area (Å²) in [5.41, 5.74) is 3.52. The Bertz CT molecular complexity index is 1290. The molecule has 0 bridgehead atoms. The molecule has 0 saturated heterocycles. The zero-order valence-corrected chi connectivity index (χ0v) is 17.7. The van der Waals surface area contributed by atoms with Crippen molar-refractivity contribution in [1.29, 1.82) is 0 Å². The topological polar surface area (TPSA) is 56.7 Å². The zero-order chi connectivity index (χ0) is 20.5. The van der Waals surface area contributed by atoms with Gasteiger partial charge in [0, 0.05) is 11.9 Å². The lowest BCUT2D eigenvalue weighted by Crippen LogP contribution is -2.04. The van der Waals surface area contributed by atoms with Gasteiger partial charge in [-0.2, -0.15) is 0 Å². The summed E-state index contributed by atoms with van der Waals surface area (Å²) in [5.74, 6) is 1.87. The minimum atomic E-state index is -0.233. The summed E-state index contributed by atoms with van der Waals surface area (Å²) < 4.78 is 21.2. The summed E-state index contributed by atoms with van der Waals surface area (Å²) in [6.07, 6.45) is 1.77. The Morgan fingerprint density at radius 2 is 1.97 bits per heavy atom. The molecule has 30 heavy (non-hydrogen) atoms. The summed E-state index contributed by atoms with van der Waals surface area (Å²) in [5, 5.41) is 2.85. The molecule has 0 N–H and O–H groups in total. The van der Waals surface area contributed by atoms with E-state index in [1.807, 2.05) is 36.6 Å². The number of pyridine rings is 1. The molecule has 0 spiro atoms. The molecule has 5 aromatic rings. The van der Waals surface area contributed by atoms with Gasteiger partial charge >= 0.3 is 0 Å². The first-order chi connectivity index (χ1) is 14.7. The Balaban J connectivity index is 1.47. The van der Waals surface area contributed by atoms with E-state index >= 15 is 0 Å². The molecule has 1 aromatic carbocycles. The van der Waals surface area contributed by atoms with Gasteiger partial charge in [-0.05, 0) is 48.2 Å². The highest BCUT2D eigenvalue weighted by Gasteiger charge is 2.18. The van der Waals surface area contributed by atoms with Gasteiger partial charge in [-0.15, -0.1) is 11.3 Å². The first kappa shape index (κ1) is 19.0. The monoisotopic (exact) mass is 436 g/mol. The van der Waals surface area contributed by atoms with Crippen LogP contribution in [-0.4, -0.2) is 19.5 Å². The van der Waals surface area contributed by atoms with Crippen LogP contribution in [0.3, 0.4) is 0 Å². The van der Waals surface area contributed by atoms with Crippen molar-refractivity contribution in [3.05, 3.63) is 82.9 Å². The van der Waals surface area contributed by atoms with Gasteiger partial charge in [0.15, 0.2) is 10.8 Å². The molecule has 4 aromatic heterocycles. The molecular weight excluding hydrogens is 419 g/mol. The van der Waals surface area contributed by atoms with Crippen LogP contribution in [0, 0.1) is 12.7 Å². The van der Waals surface area contributed by atoms with Gasteiger partial charge in [0.1, 0.15) is 22.8 Å². The predicted molar refractivity (Wildman–Crippen MR) is 117 cm³/mol. The Morgan fingerprint density at radius 1 is 1.10 bits per heavy atom. The maximum Gasteiger partial charge on any atom is 0.236 e. The summed E-state index contributed by atoms with van der Waals surface area (Å²) in [7, 11) is 0. The summed E-state index contributed by atoms with van der Waals surface area (Å²) >= 11 is 3.19. The molecule has 0 aliphatic rings. The van der Waals surface area contributed by atoms with Crippen LogP contribution in [0.25, 0.3) is 21.9 Å². The number of benzene rings is 1. The van der Waals surface area contributed by atoms with Crippen molar-refractivity contribution in [2.24, 2.45) is 0 Å². The number of nitrogens with zero attached hydrogens (tertiary/aromatic N) is 4. The molecule has 5 nitrogen and oxygen atoms in total. The van der Waals surface area contributed by atoms with Crippen LogP contribution in [-0.2, 0) is 12.3 Å². The minimum Gasteiger partial charge on any atom is -0.440 e. The van der Waals surface area contributed by atoms with Crippen LogP contribution in [0.15, 0.2) is 69.7 Å². The summed E-state index contributed by atoms with van der Waals surface area (Å²) in [6, 6.07) is 14.4. The minimum absolute atomic E-state index is 0.233. The number of thioether (sulfide) groups is 1. The number of hydrogen-bond acceptors (Lipinski definition) is 6. The third kappa shape index (κ3) is 3.76. The van der Waals surface area contributed by atoms with Gasteiger partial charge in [-0.3, -0.25) is 4.57 Å². The van der Waals surface area contributed by atoms with E-state index in [9.17, 15) is 4.39 Å². The quantitative estimate of drug-likeness (QED) is 0.309. The molecule has 0 saturated carbocycles. The van der Waals surface area contributed by atoms with Crippen molar-refractivity contribution < 1.29 is 8.81 Å². The van der Waals surface area contributed by atoms with E-state index in [2.05, 4.69) is 9.55 Å². The van der Waals surface area contributed by atoms with E-state index in [1.165, 1.54) is 12.1 Å². The fraction of sp³-hybridized carbons (Fsp3) is 0.136. The third-order valence-corrected chi connectivity index (χ3v) is 6.59. The second-order valence-electron chi connectivity index (χ2n) is 6.74. The molecule has 4 heterocycles. The molecule has 8 heteroatoms. The lowest BCUT2D eigenvalue weighted by Gasteiger charge is -2.07. The van der Waals surface area contributed by atoms with Crippen LogP contribution in [0.5, 0.6) is 0 Å². The van der Waals surface area contributed by atoms with Crippen LogP contribution < -0.4 is 0 Å². The zero-order valence-electron chi connectivity index (χ0n) is 16.1. The molecule has 0 amide bonds. The average molecular weight is 437 g/mol. The normalized spacial score (nSPS) is 11.4. The number of aryl methyl sites for hydroxylation is 1. The highest BCUT2D eigenvalue weighted by atomic mass is 32.2. The Kier molecular flexibility index (Phi) is 5.10. The van der Waals surface area contributed by atoms with Crippen LogP contribution >= 0.6 is 23.1 Å². The first-order valence-electron chi connectivity index (χ1n) is 9.36. The largest absolute Gasteiger partial charge is 0.440 e. The molecular formula is C22H17FN4OS2. The highest BCUT2D eigenvalue weighted by Crippen LogP contribution is 2.30. The lowest BCUT2D eigenvalue weighted by molar-refractivity contribution is 0.538. The molecule has 0 radical (unpaired) electrons. The van der Waals surface area contributed by atoms with Gasteiger partial charge in [0.25, 0.3) is 0 Å². The standard InChI is InChI=1S/C22H17FN4OS2/c1-14-18(25-21(28-14)19-5-3-11-29-19)12-27-20-17(4-2-10-24-20)26-22(27)30-13-15-6-8-16(23)9-7-15/h2-11H,12-13H2,1H3. The summed E-state index contributed by atoms with van der Waals surface area (Å²) in [6.45, 7) is 2.44. The van der Waals surface area contributed by atoms with Gasteiger partial charge in [-0.1, -0.05) is 30.0 Å². The van der Waals surface area contributed by atoms with Crippen LogP contribution in [0.2, 0.25) is 0 Å². The number of rotatable bonds is 6. The van der Waals surface area contributed by atoms with Crippen molar-refractivity contribution >= 4 is 34.3 Å². The van der Waals surface area contributed by atoms with Crippen LogP contribution in [0.4, 0.5) is 4.39 Å². The first-order valence-corrected chi connectivity index (χ1v) is 11.2. The molecule has 0 aliphatic carbocycles. The van der Waals surface area contributed by atoms with E-state index < -0.39 is 0 Å². The third-order valence-electron chi connectivity index (χ3n) is 4.68. The molecule has 5 rings (SSSR count). The molecule has 0 fully saturated rings. The SMILES string of the molecule is Cc1oc(-c2cccs2)nc1Cn1c(SCc2ccc(F)cc2)nc2cccnc21. The van der Waals surface area contributed by atoms with E-state index in [1.54, 1.807) is 41.4 Å². The van der Waals surface area contributed by atoms with Gasteiger partial charge < -0.3 is 4.42 Å². The van der Waals surface area contributed by atoms with Gasteiger partial charge in [-0.25, -0.2) is 19.3 Å². The van der Waals surface area contributed by atoms with Gasteiger partial charge in [0.2, 0.25) is 5.89 Å². The Labute approximate surface area is 180 Å². The van der Waals surface area contributed by atoms with Gasteiger partial charge in [0.05, 0.1) is 11.4 Å². The highest BCUT2D eigenvalue weighted by molar-refractivity contribution is 7.98. The Morgan fingerprint density at radius 3 is 2.77 bits per heavy atom. The second kappa shape index (κ2) is 8.04. The molecule has 0 aliphatic heterocycles. The van der Waals surface area contributed by atoms with Crippen molar-refractivity contribution in [3.63, 3.8) is 0 Å². The number of thiophene rings is 1. The van der Waals surface area contributed by atoms with Crippen molar-refractivity contribution in [2.75, 3.05) is 0 Å². The number of fused-ring (bicyclic) bond motifs is 1. The maximum atomic E-state index is 13.2. The number of aromatic nitrogens is 4. The van der Waals surface area contributed by atoms with E-state index in [0.717, 1.165) is 38.2 Å². The number of oxazole rings is 1. The number of hydrogen-bond donors (Lipinski definition) is 0. The number of imidazole rings is 1. The van der Waals surface area contributed by atoms with Crippen molar-refractivity contribution in [3.8, 4) is 10.8 Å². The Hall–Kier alpha value is -2.97. The van der Waals surface area contributed by atoms with Crippen LogP contribution in [0.1, 0.15) is 17.0 Å². The number of halogens is 1. The second-order valence-corrected chi connectivity index (χ2v) is 8.63. The molecule has 0 unspecified atom stereocenters. The fourth-order valence-corrected chi connectivity index (χ4v) is 4.76. The fourth-order valence-electron chi connectivity index (χ4n) is 3.15.